The molecule has 0 radical (unpaired) electrons. The number of nitrogens with one attached hydrogen (secondary N) is 1. The normalized spacial score (nSPS) is 15.0. The van der Waals surface area contributed by atoms with E-state index in [4.69, 9.17) is 4.74 Å². The first-order valence-corrected chi connectivity index (χ1v) is 8.78. The van der Waals surface area contributed by atoms with Crippen molar-refractivity contribution in [1.82, 2.24) is 9.97 Å². The molecule has 1 aliphatic heterocycles. The third-order valence-electron chi connectivity index (χ3n) is 4.39. The first-order chi connectivity index (χ1) is 12.2. The smallest absolute Gasteiger partial charge is 0.340 e. The number of ether oxygens (including phenoxy) is 1. The minimum absolute atomic E-state index is 0.343. The number of aromatic nitrogens is 2. The van der Waals surface area contributed by atoms with Crippen LogP contribution in [0.3, 0.4) is 0 Å². The molecule has 1 aliphatic rings. The number of esters is 1. The maximum atomic E-state index is 12.1. The molecule has 0 saturated carbocycles. The summed E-state index contributed by atoms with van der Waals surface area (Å²) in [4.78, 5) is 23.3. The van der Waals surface area contributed by atoms with Crippen molar-refractivity contribution in [3.63, 3.8) is 0 Å². The topological polar surface area (TPSA) is 67.3 Å². The van der Waals surface area contributed by atoms with Gasteiger partial charge in [-0.15, -0.1) is 0 Å². The van der Waals surface area contributed by atoms with Gasteiger partial charge in [-0.3, -0.25) is 0 Å². The van der Waals surface area contributed by atoms with Crippen LogP contribution in [0, 0.1) is 5.92 Å². The Morgan fingerprint density at radius 1 is 1.28 bits per heavy atom. The monoisotopic (exact) mass is 340 g/mol. The molecule has 1 fully saturated rings. The van der Waals surface area contributed by atoms with Gasteiger partial charge in [-0.1, -0.05) is 19.1 Å². The van der Waals surface area contributed by atoms with Crippen molar-refractivity contribution in [1.29, 1.82) is 0 Å². The highest BCUT2D eigenvalue weighted by atomic mass is 16.5. The molecule has 2 heterocycles. The average molecular weight is 340 g/mol. The van der Waals surface area contributed by atoms with Crippen LogP contribution in [0.1, 0.15) is 37.0 Å². The van der Waals surface area contributed by atoms with Gasteiger partial charge in [0.15, 0.2) is 0 Å². The fourth-order valence-corrected chi connectivity index (χ4v) is 2.90. The van der Waals surface area contributed by atoms with Crippen LogP contribution in [0.15, 0.2) is 36.5 Å². The Hall–Kier alpha value is -2.63. The molecule has 1 saturated heterocycles. The summed E-state index contributed by atoms with van der Waals surface area (Å²) in [6, 6.07) is 9.08. The van der Waals surface area contributed by atoms with Gasteiger partial charge in [0.2, 0.25) is 5.95 Å². The number of anilines is 3. The molecule has 0 aliphatic carbocycles. The van der Waals surface area contributed by atoms with Crippen LogP contribution < -0.4 is 10.2 Å². The van der Waals surface area contributed by atoms with E-state index in [2.05, 4.69) is 27.1 Å². The van der Waals surface area contributed by atoms with Gasteiger partial charge >= 0.3 is 5.97 Å². The van der Waals surface area contributed by atoms with Gasteiger partial charge in [0, 0.05) is 19.3 Å². The molecular weight excluding hydrogens is 316 g/mol. The molecule has 0 bridgehead atoms. The van der Waals surface area contributed by atoms with E-state index in [9.17, 15) is 4.79 Å². The quantitative estimate of drug-likeness (QED) is 0.838. The Balaban J connectivity index is 1.78. The van der Waals surface area contributed by atoms with Crippen LogP contribution in [0.25, 0.3) is 0 Å². The number of carbonyl (C=O) groups excluding carboxylic acids is 1. The van der Waals surface area contributed by atoms with Crippen LogP contribution in [0.4, 0.5) is 17.5 Å². The Morgan fingerprint density at radius 2 is 2.04 bits per heavy atom. The second-order valence-electron chi connectivity index (χ2n) is 6.30. The standard InChI is InChI=1S/C19H24N4O2/c1-3-25-18(24)15-6-4-5-7-16(15)21-17-8-11-20-19(22-17)23-12-9-14(2)10-13-23/h4-8,11,14H,3,9-10,12-13H2,1-2H3,(H,20,21,22). The number of nitrogens with zero attached hydrogens (tertiary/aromatic N) is 3. The second-order valence-corrected chi connectivity index (χ2v) is 6.30. The molecule has 0 amide bonds. The molecule has 0 atom stereocenters. The molecule has 0 spiro atoms. The Bertz CT molecular complexity index is 727. The molecule has 25 heavy (non-hydrogen) atoms. The number of para-hydroxylation sites is 1. The molecule has 1 aromatic carbocycles. The van der Waals surface area contributed by atoms with Crippen molar-refractivity contribution in [2.45, 2.75) is 26.7 Å². The van der Waals surface area contributed by atoms with Gasteiger partial charge in [0.05, 0.1) is 17.9 Å². The zero-order valence-electron chi connectivity index (χ0n) is 14.7. The average Bonchev–Trinajstić information content (AvgIpc) is 2.63. The van der Waals surface area contributed by atoms with E-state index in [0.29, 0.717) is 23.7 Å². The number of benzene rings is 1. The van der Waals surface area contributed by atoms with Gasteiger partial charge in [-0.2, -0.15) is 4.98 Å². The van der Waals surface area contributed by atoms with Crippen LogP contribution in [0.2, 0.25) is 0 Å². The predicted molar refractivity (Wildman–Crippen MR) is 98.3 cm³/mol. The zero-order valence-corrected chi connectivity index (χ0v) is 14.7. The Kier molecular flexibility index (Phi) is 5.48. The first kappa shape index (κ1) is 17.2. The van der Waals surface area contributed by atoms with E-state index in [-0.39, 0.29) is 5.97 Å². The Labute approximate surface area is 148 Å². The number of hydrogen-bond donors (Lipinski definition) is 1. The molecule has 0 unspecified atom stereocenters. The largest absolute Gasteiger partial charge is 0.462 e. The van der Waals surface area contributed by atoms with Crippen LogP contribution in [-0.2, 0) is 4.74 Å². The van der Waals surface area contributed by atoms with Gasteiger partial charge in [0.25, 0.3) is 0 Å². The van der Waals surface area contributed by atoms with E-state index in [1.165, 1.54) is 0 Å². The summed E-state index contributed by atoms with van der Waals surface area (Å²) in [5.74, 6) is 1.81. The second kappa shape index (κ2) is 7.96. The molecule has 1 aromatic heterocycles. The lowest BCUT2D eigenvalue weighted by atomic mass is 10.00. The maximum Gasteiger partial charge on any atom is 0.340 e. The molecule has 3 rings (SSSR count). The number of carbonyl (C=O) groups is 1. The van der Waals surface area contributed by atoms with Crippen molar-refractivity contribution in [3.8, 4) is 0 Å². The van der Waals surface area contributed by atoms with Crippen molar-refractivity contribution in [2.24, 2.45) is 5.92 Å². The van der Waals surface area contributed by atoms with E-state index >= 15 is 0 Å². The highest BCUT2D eigenvalue weighted by Gasteiger charge is 2.18. The lowest BCUT2D eigenvalue weighted by Gasteiger charge is -2.30. The molecule has 132 valence electrons. The van der Waals surface area contributed by atoms with Crippen molar-refractivity contribution < 1.29 is 9.53 Å². The van der Waals surface area contributed by atoms with Gasteiger partial charge in [-0.05, 0) is 43.9 Å². The lowest BCUT2D eigenvalue weighted by molar-refractivity contribution is 0.0527. The lowest BCUT2D eigenvalue weighted by Crippen LogP contribution is -2.34. The van der Waals surface area contributed by atoms with E-state index in [1.807, 2.05) is 18.2 Å². The summed E-state index contributed by atoms with van der Waals surface area (Å²) in [6.07, 6.45) is 4.06. The Morgan fingerprint density at radius 3 is 2.80 bits per heavy atom. The van der Waals surface area contributed by atoms with Crippen LogP contribution in [-0.4, -0.2) is 35.6 Å². The molecular formula is C19H24N4O2. The SMILES string of the molecule is CCOC(=O)c1ccccc1Nc1ccnc(N2CCC(C)CC2)n1. The van der Waals surface area contributed by atoms with E-state index < -0.39 is 0 Å². The summed E-state index contributed by atoms with van der Waals surface area (Å²) in [6.45, 7) is 6.37. The number of hydrogen-bond acceptors (Lipinski definition) is 6. The molecule has 2 aromatic rings. The maximum absolute atomic E-state index is 12.1. The number of rotatable bonds is 5. The number of piperidine rings is 1. The van der Waals surface area contributed by atoms with Gasteiger partial charge in [-0.25, -0.2) is 9.78 Å². The van der Waals surface area contributed by atoms with E-state index in [1.54, 1.807) is 25.3 Å². The summed E-state index contributed by atoms with van der Waals surface area (Å²) in [5.41, 5.74) is 1.18. The summed E-state index contributed by atoms with van der Waals surface area (Å²) in [7, 11) is 0. The third kappa shape index (κ3) is 4.26. The first-order valence-electron chi connectivity index (χ1n) is 8.78. The van der Waals surface area contributed by atoms with Gasteiger partial charge < -0.3 is 15.0 Å². The summed E-state index contributed by atoms with van der Waals surface area (Å²) >= 11 is 0. The van der Waals surface area contributed by atoms with E-state index in [0.717, 1.165) is 37.8 Å². The fourth-order valence-electron chi connectivity index (χ4n) is 2.90. The van der Waals surface area contributed by atoms with Gasteiger partial charge in [0.1, 0.15) is 5.82 Å². The van der Waals surface area contributed by atoms with Crippen molar-refractivity contribution in [2.75, 3.05) is 29.9 Å². The van der Waals surface area contributed by atoms with Crippen molar-refractivity contribution >= 4 is 23.4 Å². The zero-order chi connectivity index (χ0) is 17.6. The van der Waals surface area contributed by atoms with Crippen LogP contribution in [0.5, 0.6) is 0 Å². The highest BCUT2D eigenvalue weighted by molar-refractivity contribution is 5.96. The predicted octanol–water partition coefficient (Wildman–Crippen LogP) is 3.63. The van der Waals surface area contributed by atoms with Crippen molar-refractivity contribution in [3.05, 3.63) is 42.1 Å². The van der Waals surface area contributed by atoms with Crippen LogP contribution >= 0.6 is 0 Å². The molecule has 1 N–H and O–H groups in total. The highest BCUT2D eigenvalue weighted by Crippen LogP contribution is 2.23. The minimum atomic E-state index is -0.343. The third-order valence-corrected chi connectivity index (χ3v) is 4.39. The summed E-state index contributed by atoms with van der Waals surface area (Å²) < 4.78 is 5.12. The molecule has 6 heteroatoms. The summed E-state index contributed by atoms with van der Waals surface area (Å²) in [5, 5.41) is 3.22. The minimum Gasteiger partial charge on any atom is -0.462 e. The fraction of sp³-hybridized carbons (Fsp3) is 0.421. The molecule has 6 nitrogen and oxygen atoms in total.